The Balaban J connectivity index is 1.79. The first-order valence-electron chi connectivity index (χ1n) is 8.65. The van der Waals surface area contributed by atoms with E-state index < -0.39 is 0 Å². The van der Waals surface area contributed by atoms with Gasteiger partial charge >= 0.3 is 5.97 Å². The second-order valence-electron chi connectivity index (χ2n) is 6.04. The van der Waals surface area contributed by atoms with E-state index in [9.17, 15) is 4.79 Å². The minimum atomic E-state index is -0.263. The molecular weight excluding hydrogens is 308 g/mol. The summed E-state index contributed by atoms with van der Waals surface area (Å²) in [5, 5.41) is 2.42. The van der Waals surface area contributed by atoms with Gasteiger partial charge in [0.05, 0.1) is 0 Å². The number of carbonyl (C=O) groups excluding carboxylic acids is 1. The molecule has 0 saturated heterocycles. The van der Waals surface area contributed by atoms with Gasteiger partial charge in [0, 0.05) is 12.8 Å². The molecule has 1 atom stereocenters. The number of esters is 1. The van der Waals surface area contributed by atoms with Crippen LogP contribution in [0.4, 0.5) is 0 Å². The highest BCUT2D eigenvalue weighted by molar-refractivity contribution is 5.84. The van der Waals surface area contributed by atoms with Gasteiger partial charge in [0.2, 0.25) is 0 Å². The molecule has 0 amide bonds. The molecule has 3 aromatic rings. The maximum absolute atomic E-state index is 11.7. The van der Waals surface area contributed by atoms with Crippen LogP contribution < -0.4 is 0 Å². The van der Waals surface area contributed by atoms with Crippen LogP contribution in [-0.2, 0) is 16.0 Å². The van der Waals surface area contributed by atoms with E-state index in [1.807, 2.05) is 49.4 Å². The smallest absolute Gasteiger partial charge is 0.306 e. The molecule has 0 radical (unpaired) electrons. The third-order valence-corrected chi connectivity index (χ3v) is 4.13. The number of benzene rings is 3. The number of hydrogen-bond donors (Lipinski definition) is 0. The molecule has 0 aliphatic heterocycles. The summed E-state index contributed by atoms with van der Waals surface area (Å²) in [4.78, 5) is 11.7. The molecule has 0 fully saturated rings. The average Bonchev–Trinajstić information content (AvgIpc) is 2.66. The van der Waals surface area contributed by atoms with Gasteiger partial charge in [-0.05, 0) is 34.0 Å². The van der Waals surface area contributed by atoms with E-state index in [1.54, 1.807) is 0 Å². The summed E-state index contributed by atoms with van der Waals surface area (Å²) in [6, 6.07) is 24.7. The molecular formula is C23H22O2. The first-order valence-corrected chi connectivity index (χ1v) is 8.65. The Morgan fingerprint density at radius 1 is 0.960 bits per heavy atom. The summed E-state index contributed by atoms with van der Waals surface area (Å²) >= 11 is 0. The van der Waals surface area contributed by atoms with Crippen molar-refractivity contribution in [1.82, 2.24) is 0 Å². The molecule has 1 unspecified atom stereocenters. The van der Waals surface area contributed by atoms with Crippen LogP contribution in [0.3, 0.4) is 0 Å². The molecule has 126 valence electrons. The lowest BCUT2D eigenvalue weighted by Crippen LogP contribution is -2.17. The molecule has 0 bridgehead atoms. The fourth-order valence-electron chi connectivity index (χ4n) is 2.78. The normalized spacial score (nSPS) is 12.4. The topological polar surface area (TPSA) is 26.3 Å². The van der Waals surface area contributed by atoms with Gasteiger partial charge < -0.3 is 4.74 Å². The summed E-state index contributed by atoms with van der Waals surface area (Å²) in [5.41, 5.74) is 2.25. The monoisotopic (exact) mass is 330 g/mol. The van der Waals surface area contributed by atoms with Crippen molar-refractivity contribution in [3.63, 3.8) is 0 Å². The minimum Gasteiger partial charge on any atom is -0.458 e. The number of ether oxygens (including phenoxy) is 1. The zero-order valence-corrected chi connectivity index (χ0v) is 14.4. The van der Waals surface area contributed by atoms with E-state index >= 15 is 0 Å². The number of carbonyl (C=O) groups is 1. The second-order valence-corrected chi connectivity index (χ2v) is 6.04. The molecule has 0 N–H and O–H groups in total. The Hall–Kier alpha value is -2.87. The van der Waals surface area contributed by atoms with E-state index in [0.717, 1.165) is 11.1 Å². The fourth-order valence-corrected chi connectivity index (χ4v) is 2.78. The van der Waals surface area contributed by atoms with Crippen molar-refractivity contribution in [2.75, 3.05) is 0 Å². The van der Waals surface area contributed by atoms with Crippen LogP contribution in [0.25, 0.3) is 16.8 Å². The summed E-state index contributed by atoms with van der Waals surface area (Å²) < 4.78 is 5.59. The number of fused-ring (bicyclic) bond motifs is 1. The van der Waals surface area contributed by atoms with Crippen LogP contribution in [0.5, 0.6) is 0 Å². The van der Waals surface area contributed by atoms with Gasteiger partial charge in [0.15, 0.2) is 0 Å². The van der Waals surface area contributed by atoms with Crippen molar-refractivity contribution in [2.24, 2.45) is 0 Å². The molecule has 2 heteroatoms. The molecule has 0 aliphatic rings. The Labute approximate surface area is 148 Å². The van der Waals surface area contributed by atoms with Gasteiger partial charge in [-0.1, -0.05) is 79.7 Å². The van der Waals surface area contributed by atoms with Crippen molar-refractivity contribution in [3.8, 4) is 0 Å². The van der Waals surface area contributed by atoms with Gasteiger partial charge in [-0.2, -0.15) is 0 Å². The standard InChI is InChI=1S/C23H22O2/c1-2-23(24)25-22(17-18-8-4-3-5-9-18)15-13-19-12-14-20-10-6-7-11-21(20)16-19/h3-16,22H,2,17H2,1H3/b15-13+. The maximum Gasteiger partial charge on any atom is 0.306 e. The molecule has 3 aromatic carbocycles. The Morgan fingerprint density at radius 2 is 1.68 bits per heavy atom. The molecule has 0 heterocycles. The summed E-state index contributed by atoms with van der Waals surface area (Å²) in [7, 11) is 0. The fraction of sp³-hybridized carbons (Fsp3) is 0.174. The van der Waals surface area contributed by atoms with Crippen LogP contribution >= 0.6 is 0 Å². The van der Waals surface area contributed by atoms with Gasteiger partial charge in [-0.25, -0.2) is 0 Å². The Bertz CT molecular complexity index is 865. The second kappa shape index (κ2) is 8.29. The van der Waals surface area contributed by atoms with Crippen LogP contribution in [0.1, 0.15) is 24.5 Å². The highest BCUT2D eigenvalue weighted by atomic mass is 16.5. The lowest BCUT2D eigenvalue weighted by Gasteiger charge is -2.14. The maximum atomic E-state index is 11.7. The molecule has 0 aromatic heterocycles. The Morgan fingerprint density at radius 3 is 2.44 bits per heavy atom. The van der Waals surface area contributed by atoms with E-state index in [2.05, 4.69) is 42.5 Å². The zero-order valence-electron chi connectivity index (χ0n) is 14.4. The zero-order chi connectivity index (χ0) is 17.5. The quantitative estimate of drug-likeness (QED) is 0.564. The third-order valence-electron chi connectivity index (χ3n) is 4.13. The van der Waals surface area contributed by atoms with Crippen molar-refractivity contribution in [1.29, 1.82) is 0 Å². The summed E-state index contributed by atoms with van der Waals surface area (Å²) in [6.45, 7) is 1.81. The summed E-state index contributed by atoms with van der Waals surface area (Å²) in [6.07, 6.45) is 4.81. The predicted octanol–water partition coefficient (Wildman–Crippen LogP) is 5.42. The predicted molar refractivity (Wildman–Crippen MR) is 103 cm³/mol. The van der Waals surface area contributed by atoms with E-state index in [1.165, 1.54) is 10.8 Å². The molecule has 3 rings (SSSR count). The lowest BCUT2D eigenvalue weighted by molar-refractivity contribution is -0.146. The first kappa shape index (κ1) is 17.0. The SMILES string of the molecule is CCC(=O)OC(/C=C/c1ccc2ccccc2c1)Cc1ccccc1. The van der Waals surface area contributed by atoms with Gasteiger partial charge in [-0.3, -0.25) is 4.79 Å². The molecule has 0 aliphatic carbocycles. The molecule has 2 nitrogen and oxygen atoms in total. The largest absolute Gasteiger partial charge is 0.458 e. The lowest BCUT2D eigenvalue weighted by atomic mass is 10.0. The van der Waals surface area contributed by atoms with Gasteiger partial charge in [-0.15, -0.1) is 0 Å². The van der Waals surface area contributed by atoms with Gasteiger partial charge in [0.25, 0.3) is 0 Å². The molecule has 25 heavy (non-hydrogen) atoms. The average molecular weight is 330 g/mol. The van der Waals surface area contributed by atoms with Crippen molar-refractivity contribution < 1.29 is 9.53 Å². The molecule has 0 spiro atoms. The van der Waals surface area contributed by atoms with Gasteiger partial charge in [0.1, 0.15) is 6.10 Å². The third kappa shape index (κ3) is 4.80. The van der Waals surface area contributed by atoms with Crippen LogP contribution in [0.15, 0.2) is 78.9 Å². The highest BCUT2D eigenvalue weighted by Gasteiger charge is 2.11. The number of rotatable bonds is 6. The van der Waals surface area contributed by atoms with Crippen molar-refractivity contribution >= 4 is 22.8 Å². The van der Waals surface area contributed by atoms with Crippen LogP contribution in [0.2, 0.25) is 0 Å². The highest BCUT2D eigenvalue weighted by Crippen LogP contribution is 2.17. The first-order chi connectivity index (χ1) is 12.2. The Kier molecular flexibility index (Phi) is 5.63. The van der Waals surface area contributed by atoms with Crippen LogP contribution in [-0.4, -0.2) is 12.1 Å². The van der Waals surface area contributed by atoms with E-state index in [-0.39, 0.29) is 12.1 Å². The minimum absolute atomic E-state index is 0.177. The summed E-state index contributed by atoms with van der Waals surface area (Å²) in [5.74, 6) is -0.177. The number of hydrogen-bond acceptors (Lipinski definition) is 2. The van der Waals surface area contributed by atoms with E-state index in [0.29, 0.717) is 12.8 Å². The van der Waals surface area contributed by atoms with Crippen molar-refractivity contribution in [2.45, 2.75) is 25.9 Å². The van der Waals surface area contributed by atoms with Crippen LogP contribution in [0, 0.1) is 0 Å². The van der Waals surface area contributed by atoms with E-state index in [4.69, 9.17) is 4.74 Å². The van der Waals surface area contributed by atoms with Crippen molar-refractivity contribution in [3.05, 3.63) is 90.0 Å². The molecule has 0 saturated carbocycles.